The van der Waals surface area contributed by atoms with Gasteiger partial charge in [0.05, 0.1) is 12.7 Å². The smallest absolute Gasteiger partial charge is 0.416 e. The molecule has 6 nitrogen and oxygen atoms in total. The number of halogens is 3. The molecule has 2 aromatic rings. The third-order valence-corrected chi connectivity index (χ3v) is 4.29. The molecule has 0 aromatic heterocycles. The highest BCUT2D eigenvalue weighted by Gasteiger charge is 2.49. The van der Waals surface area contributed by atoms with E-state index in [9.17, 15) is 23.1 Å². The highest BCUT2D eigenvalue weighted by Crippen LogP contribution is 2.49. The Labute approximate surface area is 151 Å². The summed E-state index contributed by atoms with van der Waals surface area (Å²) in [6.45, 7) is 0. The first kappa shape index (κ1) is 18.5. The van der Waals surface area contributed by atoms with E-state index in [-0.39, 0.29) is 22.4 Å². The average Bonchev–Trinajstić information content (AvgIpc) is 2.95. The lowest BCUT2D eigenvalue weighted by molar-refractivity contribution is -0.156. The monoisotopic (exact) mass is 375 g/mol. The third-order valence-electron chi connectivity index (χ3n) is 4.29. The standard InChI is InChI=1S/C18H12F3N3O3/c1-27-16(25)17(26)13-5-3-2-4-10(13)8-14(17)12-9-11(18(19,20)21)6-7-15(12)23-24-22/h2-9,26H,1H3/t17-/m0/s1. The van der Waals surface area contributed by atoms with Crippen molar-refractivity contribution in [2.24, 2.45) is 5.11 Å². The molecule has 0 heterocycles. The van der Waals surface area contributed by atoms with Crippen LogP contribution in [0.4, 0.5) is 18.9 Å². The van der Waals surface area contributed by atoms with Crippen LogP contribution in [0.15, 0.2) is 47.6 Å². The number of fused-ring (bicyclic) bond motifs is 1. The summed E-state index contributed by atoms with van der Waals surface area (Å²) in [4.78, 5) is 15.0. The van der Waals surface area contributed by atoms with Crippen molar-refractivity contribution in [3.8, 4) is 0 Å². The molecule has 0 unspecified atom stereocenters. The molecule has 0 amide bonds. The van der Waals surface area contributed by atoms with E-state index in [0.717, 1.165) is 25.3 Å². The van der Waals surface area contributed by atoms with Gasteiger partial charge in [-0.3, -0.25) is 0 Å². The fourth-order valence-electron chi connectivity index (χ4n) is 3.06. The molecule has 3 rings (SSSR count). The zero-order valence-corrected chi connectivity index (χ0v) is 13.9. The van der Waals surface area contributed by atoms with Gasteiger partial charge in [-0.2, -0.15) is 13.2 Å². The Morgan fingerprint density at radius 1 is 1.26 bits per heavy atom. The molecule has 0 spiro atoms. The minimum Gasteiger partial charge on any atom is -0.466 e. The molecule has 0 saturated heterocycles. The first-order valence-corrected chi connectivity index (χ1v) is 7.62. The van der Waals surface area contributed by atoms with Crippen molar-refractivity contribution >= 4 is 23.3 Å². The van der Waals surface area contributed by atoms with Gasteiger partial charge in [-0.1, -0.05) is 35.4 Å². The van der Waals surface area contributed by atoms with Crippen molar-refractivity contribution in [1.82, 2.24) is 0 Å². The van der Waals surface area contributed by atoms with E-state index in [1.54, 1.807) is 18.2 Å². The molecule has 0 fully saturated rings. The number of hydrogen-bond acceptors (Lipinski definition) is 4. The van der Waals surface area contributed by atoms with Gasteiger partial charge in [-0.15, -0.1) is 0 Å². The lowest BCUT2D eigenvalue weighted by atomic mass is 9.85. The number of alkyl halides is 3. The summed E-state index contributed by atoms with van der Waals surface area (Å²) < 4.78 is 44.2. The van der Waals surface area contributed by atoms with Crippen molar-refractivity contribution in [2.75, 3.05) is 7.11 Å². The van der Waals surface area contributed by atoms with Crippen LogP contribution < -0.4 is 0 Å². The lowest BCUT2D eigenvalue weighted by Crippen LogP contribution is -2.36. The predicted octanol–water partition coefficient (Wildman–Crippen LogP) is 4.56. The third kappa shape index (κ3) is 2.92. The van der Waals surface area contributed by atoms with Gasteiger partial charge in [0.1, 0.15) is 0 Å². The molecule has 0 bridgehead atoms. The van der Waals surface area contributed by atoms with Crippen LogP contribution in [0.5, 0.6) is 0 Å². The van der Waals surface area contributed by atoms with Gasteiger partial charge >= 0.3 is 12.1 Å². The van der Waals surface area contributed by atoms with Gasteiger partial charge in [0, 0.05) is 21.7 Å². The maximum atomic E-state index is 13.2. The van der Waals surface area contributed by atoms with Gasteiger partial charge in [-0.25, -0.2) is 4.79 Å². The van der Waals surface area contributed by atoms with Crippen molar-refractivity contribution in [3.05, 3.63) is 75.2 Å². The van der Waals surface area contributed by atoms with Gasteiger partial charge < -0.3 is 9.84 Å². The van der Waals surface area contributed by atoms with Crippen LogP contribution in [0.3, 0.4) is 0 Å². The Kier molecular flexibility index (Phi) is 4.43. The van der Waals surface area contributed by atoms with Crippen molar-refractivity contribution in [2.45, 2.75) is 11.8 Å². The first-order chi connectivity index (χ1) is 12.7. The zero-order chi connectivity index (χ0) is 19.8. The molecule has 138 valence electrons. The van der Waals surface area contributed by atoms with Gasteiger partial charge in [0.25, 0.3) is 0 Å². The molecule has 1 N–H and O–H groups in total. The fraction of sp³-hybridized carbons (Fsp3) is 0.167. The highest BCUT2D eigenvalue weighted by atomic mass is 19.4. The molecule has 0 saturated carbocycles. The number of esters is 1. The molecule has 1 atom stereocenters. The van der Waals surface area contributed by atoms with Crippen LogP contribution in [0.1, 0.15) is 22.3 Å². The van der Waals surface area contributed by atoms with E-state index in [2.05, 4.69) is 14.8 Å². The van der Waals surface area contributed by atoms with Crippen LogP contribution in [0, 0.1) is 0 Å². The van der Waals surface area contributed by atoms with Crippen LogP contribution in [-0.4, -0.2) is 18.2 Å². The number of carbonyl (C=O) groups is 1. The average molecular weight is 375 g/mol. The summed E-state index contributed by atoms with van der Waals surface area (Å²) >= 11 is 0. The number of methoxy groups -OCH3 is 1. The largest absolute Gasteiger partial charge is 0.466 e. The Morgan fingerprint density at radius 2 is 1.96 bits per heavy atom. The van der Waals surface area contributed by atoms with Crippen LogP contribution in [-0.2, 0) is 21.3 Å². The fourth-order valence-corrected chi connectivity index (χ4v) is 3.06. The maximum absolute atomic E-state index is 13.2. The van der Waals surface area contributed by atoms with E-state index in [1.807, 2.05) is 0 Å². The van der Waals surface area contributed by atoms with Crippen LogP contribution in [0.2, 0.25) is 0 Å². The number of aliphatic hydroxyl groups is 1. The summed E-state index contributed by atoms with van der Waals surface area (Å²) in [5, 5.41) is 14.5. The summed E-state index contributed by atoms with van der Waals surface area (Å²) in [5.41, 5.74) is 5.44. The van der Waals surface area contributed by atoms with Gasteiger partial charge in [-0.05, 0) is 34.9 Å². The van der Waals surface area contributed by atoms with E-state index in [1.165, 1.54) is 12.1 Å². The Morgan fingerprint density at radius 3 is 2.59 bits per heavy atom. The number of nitrogens with zero attached hydrogens (tertiary/aromatic N) is 3. The van der Waals surface area contributed by atoms with Crippen molar-refractivity contribution in [3.63, 3.8) is 0 Å². The molecule has 0 radical (unpaired) electrons. The van der Waals surface area contributed by atoms with E-state index in [4.69, 9.17) is 5.53 Å². The van der Waals surface area contributed by atoms with E-state index < -0.39 is 23.3 Å². The summed E-state index contributed by atoms with van der Waals surface area (Å²) in [6, 6.07) is 8.76. The predicted molar refractivity (Wildman–Crippen MR) is 90.5 cm³/mol. The SMILES string of the molecule is COC(=O)[C@@]1(O)C(c2cc(C(F)(F)F)ccc2N=[N+]=[N-])=Cc2ccccc21. The van der Waals surface area contributed by atoms with Crippen molar-refractivity contribution in [1.29, 1.82) is 0 Å². The van der Waals surface area contributed by atoms with E-state index in [0.29, 0.717) is 5.56 Å². The maximum Gasteiger partial charge on any atom is 0.416 e. The normalized spacial score (nSPS) is 18.3. The molecule has 0 aliphatic heterocycles. The number of rotatable bonds is 3. The lowest BCUT2D eigenvalue weighted by Gasteiger charge is -2.26. The number of hydrogen-bond donors (Lipinski definition) is 1. The minimum atomic E-state index is -4.67. The quantitative estimate of drug-likeness (QED) is 0.369. The second kappa shape index (κ2) is 6.46. The molecule has 1 aliphatic rings. The van der Waals surface area contributed by atoms with Crippen LogP contribution in [0.25, 0.3) is 22.1 Å². The molecular weight excluding hydrogens is 363 g/mol. The minimum absolute atomic E-state index is 0.160. The molecule has 9 heteroatoms. The van der Waals surface area contributed by atoms with Crippen LogP contribution >= 0.6 is 0 Å². The molecule has 27 heavy (non-hydrogen) atoms. The number of ether oxygens (including phenoxy) is 1. The Bertz CT molecular complexity index is 1010. The van der Waals surface area contributed by atoms with Crippen molar-refractivity contribution < 1.29 is 27.8 Å². The van der Waals surface area contributed by atoms with E-state index >= 15 is 0 Å². The second-order valence-corrected chi connectivity index (χ2v) is 5.77. The summed E-state index contributed by atoms with van der Waals surface area (Å²) in [6.07, 6.45) is -3.29. The second-order valence-electron chi connectivity index (χ2n) is 5.77. The number of benzene rings is 2. The molecule has 1 aliphatic carbocycles. The highest BCUT2D eigenvalue weighted by molar-refractivity contribution is 6.08. The summed E-state index contributed by atoms with van der Waals surface area (Å²) in [5.74, 6) is -1.07. The number of azide groups is 1. The summed E-state index contributed by atoms with van der Waals surface area (Å²) in [7, 11) is 1.05. The topological polar surface area (TPSA) is 95.3 Å². The molecular formula is C18H12F3N3O3. The van der Waals surface area contributed by atoms with Gasteiger partial charge in [0.15, 0.2) is 0 Å². The Balaban J connectivity index is 2.32. The van der Waals surface area contributed by atoms with Gasteiger partial charge in [0.2, 0.25) is 5.60 Å². The first-order valence-electron chi connectivity index (χ1n) is 7.62. The molecule has 2 aromatic carbocycles. The Hall–Kier alpha value is -3.29. The zero-order valence-electron chi connectivity index (χ0n) is 13.9. The number of carbonyl (C=O) groups excluding carboxylic acids is 1.